The van der Waals surface area contributed by atoms with Crippen molar-refractivity contribution in [2.45, 2.75) is 19.4 Å². The molecule has 0 bridgehead atoms. The van der Waals surface area contributed by atoms with Gasteiger partial charge in [-0.1, -0.05) is 22.0 Å². The quantitative estimate of drug-likeness (QED) is 0.783. The second-order valence-electron chi connectivity index (χ2n) is 4.29. The fraction of sp³-hybridized carbons (Fsp3) is 0.417. The van der Waals surface area contributed by atoms with Crippen LogP contribution in [0.2, 0.25) is 0 Å². The average Bonchev–Trinajstić information content (AvgIpc) is 2.32. The summed E-state index contributed by atoms with van der Waals surface area (Å²) in [6.45, 7) is 2.78. The van der Waals surface area contributed by atoms with E-state index in [4.69, 9.17) is 10.2 Å². The molecule has 1 aromatic rings. The molecule has 0 heterocycles. The van der Waals surface area contributed by atoms with Crippen molar-refractivity contribution in [3.8, 4) is 0 Å². The van der Waals surface area contributed by atoms with E-state index in [-0.39, 0.29) is 19.1 Å². The molecule has 0 radical (unpaired) electrons. The van der Waals surface area contributed by atoms with Gasteiger partial charge in [0.1, 0.15) is 0 Å². The zero-order valence-electron chi connectivity index (χ0n) is 9.83. The van der Waals surface area contributed by atoms with E-state index in [1.54, 1.807) is 13.0 Å². The van der Waals surface area contributed by atoms with E-state index in [1.807, 2.05) is 19.1 Å². The maximum absolute atomic E-state index is 12.0. The zero-order valence-corrected chi connectivity index (χ0v) is 11.4. The molecule has 0 saturated carbocycles. The first-order valence-electron chi connectivity index (χ1n) is 5.22. The van der Waals surface area contributed by atoms with E-state index >= 15 is 0 Å². The van der Waals surface area contributed by atoms with Crippen LogP contribution in [-0.4, -0.2) is 34.9 Å². The highest BCUT2D eigenvalue weighted by Crippen LogP contribution is 2.16. The third-order valence-corrected chi connectivity index (χ3v) is 3.05. The maximum Gasteiger partial charge on any atom is 0.252 e. The second kappa shape index (κ2) is 5.62. The van der Waals surface area contributed by atoms with Gasteiger partial charge >= 0.3 is 0 Å². The number of amides is 1. The van der Waals surface area contributed by atoms with Crippen LogP contribution in [0.25, 0.3) is 0 Å². The third-order valence-electron chi connectivity index (χ3n) is 2.56. The van der Waals surface area contributed by atoms with Gasteiger partial charge in [-0.3, -0.25) is 4.79 Å². The highest BCUT2D eigenvalue weighted by molar-refractivity contribution is 9.10. The van der Waals surface area contributed by atoms with E-state index in [0.29, 0.717) is 5.56 Å². The van der Waals surface area contributed by atoms with Gasteiger partial charge in [-0.25, -0.2) is 0 Å². The van der Waals surface area contributed by atoms with Gasteiger partial charge in [-0.2, -0.15) is 0 Å². The summed E-state index contributed by atoms with van der Waals surface area (Å²) < 4.78 is 0.808. The van der Waals surface area contributed by atoms with Gasteiger partial charge in [0.2, 0.25) is 0 Å². The van der Waals surface area contributed by atoms with Crippen molar-refractivity contribution < 1.29 is 15.0 Å². The summed E-state index contributed by atoms with van der Waals surface area (Å²) in [7, 11) is 0. The lowest BCUT2D eigenvalue weighted by molar-refractivity contribution is 0.0723. The lowest BCUT2D eigenvalue weighted by Gasteiger charge is -2.26. The van der Waals surface area contributed by atoms with Crippen LogP contribution in [0, 0.1) is 6.92 Å². The van der Waals surface area contributed by atoms with Gasteiger partial charge in [0.15, 0.2) is 0 Å². The van der Waals surface area contributed by atoms with Crippen LogP contribution in [0.15, 0.2) is 22.7 Å². The molecule has 17 heavy (non-hydrogen) atoms. The molecule has 0 saturated heterocycles. The predicted octanol–water partition coefficient (Wildman–Crippen LogP) is 1.23. The molecule has 1 aromatic carbocycles. The molecule has 0 unspecified atom stereocenters. The zero-order chi connectivity index (χ0) is 13.1. The molecule has 4 nitrogen and oxygen atoms in total. The van der Waals surface area contributed by atoms with E-state index in [1.165, 1.54) is 0 Å². The summed E-state index contributed by atoms with van der Waals surface area (Å²) in [6, 6.07) is 5.39. The van der Waals surface area contributed by atoms with Crippen LogP contribution in [0.1, 0.15) is 22.8 Å². The number of hydrogen-bond donors (Lipinski definition) is 3. The highest BCUT2D eigenvalue weighted by atomic mass is 79.9. The molecule has 0 aliphatic rings. The molecule has 1 rings (SSSR count). The van der Waals surface area contributed by atoms with Crippen LogP contribution in [0.3, 0.4) is 0 Å². The number of nitrogens with one attached hydrogen (secondary N) is 1. The molecule has 3 N–H and O–H groups in total. The lowest BCUT2D eigenvalue weighted by Crippen LogP contribution is -2.51. The summed E-state index contributed by atoms with van der Waals surface area (Å²) in [4.78, 5) is 12.0. The normalized spacial score (nSPS) is 11.4. The monoisotopic (exact) mass is 301 g/mol. The van der Waals surface area contributed by atoms with Crippen molar-refractivity contribution in [2.24, 2.45) is 0 Å². The Kier molecular flexibility index (Phi) is 4.68. The molecule has 94 valence electrons. The van der Waals surface area contributed by atoms with Crippen molar-refractivity contribution in [3.63, 3.8) is 0 Å². The summed E-state index contributed by atoms with van der Waals surface area (Å²) in [5.74, 6) is -0.311. The molecule has 1 amide bonds. The smallest absolute Gasteiger partial charge is 0.252 e. The van der Waals surface area contributed by atoms with E-state index in [0.717, 1.165) is 10.0 Å². The third kappa shape index (κ3) is 3.52. The minimum Gasteiger partial charge on any atom is -0.394 e. The van der Waals surface area contributed by atoms with Gasteiger partial charge in [0, 0.05) is 10.0 Å². The Morgan fingerprint density at radius 3 is 2.53 bits per heavy atom. The Morgan fingerprint density at radius 1 is 1.41 bits per heavy atom. The van der Waals surface area contributed by atoms with Crippen molar-refractivity contribution >= 4 is 21.8 Å². The number of benzene rings is 1. The Hall–Kier alpha value is -0.910. The Morgan fingerprint density at radius 2 is 2.00 bits per heavy atom. The molecule has 0 spiro atoms. The van der Waals surface area contributed by atoms with Crippen LogP contribution >= 0.6 is 15.9 Å². The lowest BCUT2D eigenvalue weighted by atomic mass is 10.0. The number of aliphatic hydroxyl groups is 2. The van der Waals surface area contributed by atoms with Crippen molar-refractivity contribution in [3.05, 3.63) is 33.8 Å². The van der Waals surface area contributed by atoms with Crippen LogP contribution < -0.4 is 5.32 Å². The minimum atomic E-state index is -1.01. The van der Waals surface area contributed by atoms with E-state index in [9.17, 15) is 4.79 Å². The first-order valence-corrected chi connectivity index (χ1v) is 6.01. The number of rotatable bonds is 4. The molecule has 0 fully saturated rings. The number of halogens is 1. The van der Waals surface area contributed by atoms with Gasteiger partial charge in [-0.15, -0.1) is 0 Å². The van der Waals surface area contributed by atoms with Gasteiger partial charge in [-0.05, 0) is 31.5 Å². The molecule has 5 heteroatoms. The first kappa shape index (κ1) is 14.2. The predicted molar refractivity (Wildman–Crippen MR) is 68.9 cm³/mol. The Balaban J connectivity index is 2.94. The van der Waals surface area contributed by atoms with Crippen LogP contribution in [0.5, 0.6) is 0 Å². The fourth-order valence-electron chi connectivity index (χ4n) is 1.31. The number of carbonyl (C=O) groups is 1. The summed E-state index contributed by atoms with van der Waals surface area (Å²) >= 11 is 3.30. The number of aryl methyl sites for hydroxylation is 1. The number of carbonyl (C=O) groups excluding carboxylic acids is 1. The molecular weight excluding hydrogens is 286 g/mol. The Bertz CT molecular complexity index is 416. The fourth-order valence-corrected chi connectivity index (χ4v) is 1.67. The average molecular weight is 302 g/mol. The molecule has 0 aliphatic carbocycles. The number of aliphatic hydroxyl groups excluding tert-OH is 2. The molecule has 0 aromatic heterocycles. The van der Waals surface area contributed by atoms with Gasteiger partial charge in [0.25, 0.3) is 5.91 Å². The number of hydrogen-bond acceptors (Lipinski definition) is 3. The second-order valence-corrected chi connectivity index (χ2v) is 5.21. The van der Waals surface area contributed by atoms with Gasteiger partial charge < -0.3 is 15.5 Å². The SMILES string of the molecule is Cc1ccc(Br)cc1C(=O)NC(C)(CO)CO. The topological polar surface area (TPSA) is 69.6 Å². The largest absolute Gasteiger partial charge is 0.394 e. The van der Waals surface area contributed by atoms with Crippen LogP contribution in [0.4, 0.5) is 0 Å². The van der Waals surface area contributed by atoms with E-state index < -0.39 is 5.54 Å². The van der Waals surface area contributed by atoms with Crippen LogP contribution in [-0.2, 0) is 0 Å². The summed E-state index contributed by atoms with van der Waals surface area (Å²) in [5, 5.41) is 20.9. The summed E-state index contributed by atoms with van der Waals surface area (Å²) in [6.07, 6.45) is 0. The van der Waals surface area contributed by atoms with E-state index in [2.05, 4.69) is 21.2 Å². The molecular formula is C12H16BrNO3. The summed E-state index contributed by atoms with van der Waals surface area (Å²) in [5.41, 5.74) is 0.350. The van der Waals surface area contributed by atoms with Crippen molar-refractivity contribution in [1.82, 2.24) is 5.32 Å². The standard InChI is InChI=1S/C12H16BrNO3/c1-8-3-4-9(13)5-10(8)11(17)14-12(2,6-15)7-16/h3-5,15-16H,6-7H2,1-2H3,(H,14,17). The Labute approximate surface area is 109 Å². The maximum atomic E-state index is 12.0. The molecule has 0 aliphatic heterocycles. The first-order chi connectivity index (χ1) is 7.91. The van der Waals surface area contributed by atoms with Gasteiger partial charge in [0.05, 0.1) is 18.8 Å². The van der Waals surface area contributed by atoms with Crippen molar-refractivity contribution in [2.75, 3.05) is 13.2 Å². The van der Waals surface area contributed by atoms with Crippen molar-refractivity contribution in [1.29, 1.82) is 0 Å². The minimum absolute atomic E-state index is 0.311. The highest BCUT2D eigenvalue weighted by Gasteiger charge is 2.25. The molecule has 0 atom stereocenters.